The molecular formula is C21H23N3O5. The minimum Gasteiger partial charge on any atom is -0.497 e. The van der Waals surface area contributed by atoms with Crippen LogP contribution >= 0.6 is 0 Å². The number of aromatic nitrogens is 2. The number of hydrogen-bond acceptors (Lipinski definition) is 7. The Morgan fingerprint density at radius 3 is 2.41 bits per heavy atom. The molecule has 2 aromatic carbocycles. The van der Waals surface area contributed by atoms with Gasteiger partial charge in [0, 0.05) is 5.56 Å². The number of amides is 1. The van der Waals surface area contributed by atoms with Crippen molar-refractivity contribution in [3.05, 3.63) is 59.5 Å². The molecule has 3 aromatic rings. The third-order valence-electron chi connectivity index (χ3n) is 4.01. The Morgan fingerprint density at radius 1 is 1.00 bits per heavy atom. The van der Waals surface area contributed by atoms with Crippen LogP contribution in [0, 0.1) is 0 Å². The molecule has 1 aromatic heterocycles. The summed E-state index contributed by atoms with van der Waals surface area (Å²) in [5, 5.41) is 10.5. The summed E-state index contributed by atoms with van der Waals surface area (Å²) in [7, 11) is 1.61. The maximum absolute atomic E-state index is 12.5. The summed E-state index contributed by atoms with van der Waals surface area (Å²) in [5.41, 5.74) is 1.38. The number of carbonyl (C=O) groups is 1. The highest BCUT2D eigenvalue weighted by Gasteiger charge is 2.15. The molecule has 0 unspecified atom stereocenters. The van der Waals surface area contributed by atoms with E-state index < -0.39 is 0 Å². The van der Waals surface area contributed by atoms with E-state index in [1.165, 1.54) is 0 Å². The summed E-state index contributed by atoms with van der Waals surface area (Å²) in [6, 6.07) is 12.5. The van der Waals surface area contributed by atoms with Crippen molar-refractivity contribution in [2.24, 2.45) is 0 Å². The molecule has 1 heterocycles. The Bertz CT molecular complexity index is 953. The third kappa shape index (κ3) is 5.25. The summed E-state index contributed by atoms with van der Waals surface area (Å²) >= 11 is 0. The number of benzene rings is 2. The standard InChI is InChI=1S/C21H23N3O5/c1-4-27-17-11-8-15(13-18(17)28-5-2)20(25)22-21-24-23-19(29-21)12-14-6-9-16(26-3)10-7-14/h6-11,13H,4-5,12H2,1-3H3,(H,22,24,25). The van der Waals surface area contributed by atoms with Crippen molar-refractivity contribution in [3.63, 3.8) is 0 Å². The number of hydrogen-bond donors (Lipinski definition) is 1. The lowest BCUT2D eigenvalue weighted by Crippen LogP contribution is -2.12. The van der Waals surface area contributed by atoms with E-state index in [0.29, 0.717) is 42.6 Å². The molecule has 0 saturated carbocycles. The number of methoxy groups -OCH3 is 1. The minimum atomic E-state index is -0.381. The van der Waals surface area contributed by atoms with Gasteiger partial charge in [-0.1, -0.05) is 17.2 Å². The smallest absolute Gasteiger partial charge is 0.322 e. The molecule has 0 aliphatic heterocycles. The summed E-state index contributed by atoms with van der Waals surface area (Å²) in [4.78, 5) is 12.5. The Balaban J connectivity index is 1.67. The molecule has 0 radical (unpaired) electrons. The predicted molar refractivity (Wildman–Crippen MR) is 107 cm³/mol. The molecule has 8 nitrogen and oxygen atoms in total. The van der Waals surface area contributed by atoms with Crippen LogP contribution in [0.25, 0.3) is 0 Å². The van der Waals surface area contributed by atoms with Gasteiger partial charge in [-0.2, -0.15) is 0 Å². The number of nitrogens with one attached hydrogen (secondary N) is 1. The highest BCUT2D eigenvalue weighted by Crippen LogP contribution is 2.29. The van der Waals surface area contributed by atoms with Gasteiger partial charge in [0.05, 0.1) is 26.7 Å². The predicted octanol–water partition coefficient (Wildman–Crippen LogP) is 3.72. The van der Waals surface area contributed by atoms with Crippen LogP contribution in [0.3, 0.4) is 0 Å². The van der Waals surface area contributed by atoms with Gasteiger partial charge in [-0.25, -0.2) is 0 Å². The van der Waals surface area contributed by atoms with E-state index in [9.17, 15) is 4.79 Å². The lowest BCUT2D eigenvalue weighted by molar-refractivity contribution is 0.102. The van der Waals surface area contributed by atoms with Crippen molar-refractivity contribution in [1.82, 2.24) is 10.2 Å². The molecule has 1 amide bonds. The Kier molecular flexibility index (Phi) is 6.67. The molecule has 0 spiro atoms. The van der Waals surface area contributed by atoms with Crippen molar-refractivity contribution in [3.8, 4) is 17.2 Å². The summed E-state index contributed by atoms with van der Waals surface area (Å²) in [6.07, 6.45) is 0.449. The van der Waals surface area contributed by atoms with E-state index in [4.69, 9.17) is 18.6 Å². The van der Waals surface area contributed by atoms with E-state index in [1.807, 2.05) is 38.1 Å². The fraction of sp³-hybridized carbons (Fsp3) is 0.286. The second-order valence-corrected chi connectivity index (χ2v) is 6.01. The number of rotatable bonds is 9. The third-order valence-corrected chi connectivity index (χ3v) is 4.01. The van der Waals surface area contributed by atoms with Crippen LogP contribution in [0.2, 0.25) is 0 Å². The molecule has 8 heteroatoms. The molecule has 0 saturated heterocycles. The summed E-state index contributed by atoms with van der Waals surface area (Å²) in [6.45, 7) is 4.72. The highest BCUT2D eigenvalue weighted by atomic mass is 16.5. The first kappa shape index (κ1) is 20.2. The van der Waals surface area contributed by atoms with Gasteiger partial charge in [0.2, 0.25) is 5.89 Å². The van der Waals surface area contributed by atoms with Crippen LogP contribution in [0.1, 0.15) is 35.7 Å². The molecule has 0 fully saturated rings. The lowest BCUT2D eigenvalue weighted by Gasteiger charge is -2.11. The maximum Gasteiger partial charge on any atom is 0.322 e. The quantitative estimate of drug-likeness (QED) is 0.588. The summed E-state index contributed by atoms with van der Waals surface area (Å²) < 4.78 is 21.7. The number of carbonyl (C=O) groups excluding carboxylic acids is 1. The second-order valence-electron chi connectivity index (χ2n) is 6.01. The zero-order chi connectivity index (χ0) is 20.6. The Labute approximate surface area is 168 Å². The van der Waals surface area contributed by atoms with Gasteiger partial charge in [-0.15, -0.1) is 5.10 Å². The normalized spacial score (nSPS) is 10.4. The lowest BCUT2D eigenvalue weighted by atomic mass is 10.1. The molecule has 1 N–H and O–H groups in total. The topological polar surface area (TPSA) is 95.7 Å². The van der Waals surface area contributed by atoms with Gasteiger partial charge in [0.1, 0.15) is 5.75 Å². The first-order chi connectivity index (χ1) is 14.1. The number of nitrogens with zero attached hydrogens (tertiary/aromatic N) is 2. The average Bonchev–Trinajstić information content (AvgIpc) is 3.17. The molecule has 152 valence electrons. The largest absolute Gasteiger partial charge is 0.497 e. The van der Waals surface area contributed by atoms with E-state index in [1.54, 1.807) is 25.3 Å². The molecule has 0 bridgehead atoms. The molecular weight excluding hydrogens is 374 g/mol. The van der Waals surface area contributed by atoms with Crippen LogP contribution in [0.4, 0.5) is 6.01 Å². The zero-order valence-corrected chi connectivity index (χ0v) is 16.6. The van der Waals surface area contributed by atoms with Gasteiger partial charge in [-0.05, 0) is 49.7 Å². The molecule has 0 aliphatic carbocycles. The van der Waals surface area contributed by atoms with E-state index in [-0.39, 0.29) is 11.9 Å². The monoisotopic (exact) mass is 397 g/mol. The van der Waals surface area contributed by atoms with Crippen molar-refractivity contribution < 1.29 is 23.4 Å². The minimum absolute atomic E-state index is 0.0327. The van der Waals surface area contributed by atoms with Gasteiger partial charge < -0.3 is 18.6 Å². The second kappa shape index (κ2) is 9.59. The number of ether oxygens (including phenoxy) is 3. The highest BCUT2D eigenvalue weighted by molar-refractivity contribution is 6.03. The average molecular weight is 397 g/mol. The SMILES string of the molecule is CCOc1ccc(C(=O)Nc2nnc(Cc3ccc(OC)cc3)o2)cc1OCC. The van der Waals surface area contributed by atoms with Crippen LogP contribution in [0.5, 0.6) is 17.2 Å². The summed E-state index contributed by atoms with van der Waals surface area (Å²) in [5.74, 6) is 1.88. The molecule has 0 aliphatic rings. The van der Waals surface area contributed by atoms with E-state index in [0.717, 1.165) is 11.3 Å². The van der Waals surface area contributed by atoms with Crippen molar-refractivity contribution in [2.75, 3.05) is 25.6 Å². The van der Waals surface area contributed by atoms with Crippen LogP contribution in [-0.4, -0.2) is 36.4 Å². The first-order valence-corrected chi connectivity index (χ1v) is 9.29. The van der Waals surface area contributed by atoms with Crippen molar-refractivity contribution >= 4 is 11.9 Å². The zero-order valence-electron chi connectivity index (χ0n) is 16.6. The first-order valence-electron chi connectivity index (χ1n) is 9.29. The van der Waals surface area contributed by atoms with Gasteiger partial charge in [-0.3, -0.25) is 10.1 Å². The Morgan fingerprint density at radius 2 is 1.72 bits per heavy atom. The molecule has 3 rings (SSSR count). The van der Waals surface area contributed by atoms with Crippen LogP contribution in [0.15, 0.2) is 46.9 Å². The van der Waals surface area contributed by atoms with Crippen molar-refractivity contribution in [2.45, 2.75) is 20.3 Å². The van der Waals surface area contributed by atoms with Crippen LogP contribution < -0.4 is 19.5 Å². The van der Waals surface area contributed by atoms with Crippen LogP contribution in [-0.2, 0) is 6.42 Å². The molecule has 29 heavy (non-hydrogen) atoms. The fourth-order valence-electron chi connectivity index (χ4n) is 2.66. The van der Waals surface area contributed by atoms with Gasteiger partial charge in [0.25, 0.3) is 5.91 Å². The van der Waals surface area contributed by atoms with Gasteiger partial charge >= 0.3 is 6.01 Å². The van der Waals surface area contributed by atoms with Gasteiger partial charge in [0.15, 0.2) is 11.5 Å². The number of anilines is 1. The maximum atomic E-state index is 12.5. The van der Waals surface area contributed by atoms with E-state index in [2.05, 4.69) is 15.5 Å². The molecule has 0 atom stereocenters. The fourth-order valence-corrected chi connectivity index (χ4v) is 2.66. The van der Waals surface area contributed by atoms with Crippen molar-refractivity contribution in [1.29, 1.82) is 0 Å². The Hall–Kier alpha value is -3.55. The van der Waals surface area contributed by atoms with E-state index >= 15 is 0 Å².